The topological polar surface area (TPSA) is 66.1 Å². The number of nitrogens with two attached hydrogens (primary N) is 1. The highest BCUT2D eigenvalue weighted by molar-refractivity contribution is 6.37. The smallest absolute Gasteiger partial charge is 0.176 e. The van der Waals surface area contributed by atoms with Gasteiger partial charge in [0.1, 0.15) is 12.4 Å². The maximum absolute atomic E-state index is 5.96. The zero-order valence-corrected chi connectivity index (χ0v) is 12.2. The third-order valence-corrected chi connectivity index (χ3v) is 2.85. The molecule has 0 fully saturated rings. The Morgan fingerprint density at radius 3 is 2.37 bits per heavy atom. The quantitative estimate of drug-likeness (QED) is 0.477. The van der Waals surface area contributed by atoms with E-state index < -0.39 is 6.29 Å². The molecule has 0 aliphatic carbocycles. The van der Waals surface area contributed by atoms with Gasteiger partial charge in [-0.25, -0.2) is 0 Å². The van der Waals surface area contributed by atoms with Gasteiger partial charge in [0.05, 0.1) is 16.6 Å². The summed E-state index contributed by atoms with van der Waals surface area (Å²) in [5.41, 5.74) is 5.71. The van der Waals surface area contributed by atoms with E-state index in [0.29, 0.717) is 28.2 Å². The van der Waals surface area contributed by atoms with Crippen molar-refractivity contribution in [2.45, 2.75) is 6.29 Å². The summed E-state index contributed by atoms with van der Waals surface area (Å²) >= 11 is 11.9. The Bertz CT molecular complexity index is 417. The lowest BCUT2D eigenvalue weighted by Gasteiger charge is -2.12. The molecule has 2 N–H and O–H groups in total. The van der Waals surface area contributed by atoms with Gasteiger partial charge >= 0.3 is 0 Å². The number of benzene rings is 1. The van der Waals surface area contributed by atoms with E-state index >= 15 is 0 Å². The van der Waals surface area contributed by atoms with Crippen LogP contribution in [-0.2, 0) is 9.47 Å². The Balaban J connectivity index is 2.54. The highest BCUT2D eigenvalue weighted by Crippen LogP contribution is 2.32. The van der Waals surface area contributed by atoms with Crippen LogP contribution in [0.2, 0.25) is 10.0 Å². The highest BCUT2D eigenvalue weighted by atomic mass is 35.5. The minimum atomic E-state index is -0.428. The number of hydrogen-bond acceptors (Lipinski definition) is 4. The highest BCUT2D eigenvalue weighted by Gasteiger charge is 2.08. The molecule has 1 aromatic rings. The molecule has 0 amide bonds. The third kappa shape index (κ3) is 5.24. The van der Waals surface area contributed by atoms with Crippen LogP contribution in [0.5, 0.6) is 5.75 Å². The second kappa shape index (κ2) is 8.22. The first-order chi connectivity index (χ1) is 9.08. The number of hydrogen-bond donors (Lipinski definition) is 1. The van der Waals surface area contributed by atoms with Crippen molar-refractivity contribution in [2.24, 2.45) is 10.7 Å². The predicted molar refractivity (Wildman–Crippen MR) is 76.3 cm³/mol. The van der Waals surface area contributed by atoms with Crippen molar-refractivity contribution in [3.63, 3.8) is 0 Å². The summed E-state index contributed by atoms with van der Waals surface area (Å²) in [5, 5.41) is 0.846. The maximum atomic E-state index is 5.96. The van der Waals surface area contributed by atoms with Crippen molar-refractivity contribution in [1.82, 2.24) is 0 Å². The molecule has 0 bridgehead atoms. The van der Waals surface area contributed by atoms with Crippen molar-refractivity contribution >= 4 is 29.0 Å². The van der Waals surface area contributed by atoms with Gasteiger partial charge in [0, 0.05) is 14.2 Å². The number of halogens is 2. The first-order valence-electron chi connectivity index (χ1n) is 5.49. The molecule has 1 rings (SSSR count). The van der Waals surface area contributed by atoms with Gasteiger partial charge < -0.3 is 19.9 Å². The molecule has 0 heterocycles. The van der Waals surface area contributed by atoms with Crippen molar-refractivity contribution in [3.8, 4) is 5.75 Å². The standard InChI is InChI=1S/C12H16Cl2N2O3/c1-17-11(18-2)6-16-10(15)7-19-12-8(13)4-3-5-9(12)14/h3-5,11H,6-7H2,1-2H3,(H2,15,16). The second-order valence-electron chi connectivity index (χ2n) is 3.57. The molecule has 19 heavy (non-hydrogen) atoms. The fraction of sp³-hybridized carbons (Fsp3) is 0.417. The normalized spacial score (nSPS) is 11.9. The SMILES string of the molecule is COC(CN=C(N)COc1c(Cl)cccc1Cl)OC. The molecule has 0 radical (unpaired) electrons. The average Bonchev–Trinajstić information content (AvgIpc) is 2.39. The predicted octanol–water partition coefficient (Wildman–Crippen LogP) is 2.35. The fourth-order valence-corrected chi connectivity index (χ4v) is 1.76. The number of para-hydroxylation sites is 1. The summed E-state index contributed by atoms with van der Waals surface area (Å²) in [5.74, 6) is 0.689. The molecular formula is C12H16Cl2N2O3. The van der Waals surface area contributed by atoms with Gasteiger partial charge in [-0.2, -0.15) is 0 Å². The van der Waals surface area contributed by atoms with Gasteiger partial charge in [-0.05, 0) is 12.1 Å². The lowest BCUT2D eigenvalue weighted by molar-refractivity contribution is -0.0937. The lowest BCUT2D eigenvalue weighted by Crippen LogP contribution is -2.25. The minimum Gasteiger partial charge on any atom is -0.483 e. The molecule has 0 aromatic heterocycles. The minimum absolute atomic E-state index is 0.0869. The van der Waals surface area contributed by atoms with Crippen LogP contribution in [0, 0.1) is 0 Å². The van der Waals surface area contributed by atoms with Gasteiger partial charge in [0.2, 0.25) is 0 Å². The Kier molecular flexibility index (Phi) is 6.94. The zero-order chi connectivity index (χ0) is 14.3. The first kappa shape index (κ1) is 16.0. The molecule has 0 aliphatic rings. The van der Waals surface area contributed by atoms with E-state index in [1.807, 2.05) is 0 Å². The van der Waals surface area contributed by atoms with Gasteiger partial charge in [-0.15, -0.1) is 0 Å². The number of ether oxygens (including phenoxy) is 3. The van der Waals surface area contributed by atoms with Crippen LogP contribution >= 0.6 is 23.2 Å². The summed E-state index contributed by atoms with van der Waals surface area (Å²) < 4.78 is 15.4. The molecule has 0 aliphatic heterocycles. The zero-order valence-electron chi connectivity index (χ0n) is 10.7. The summed E-state index contributed by atoms with van der Waals surface area (Å²) in [4.78, 5) is 4.07. The summed E-state index contributed by atoms with van der Waals surface area (Å²) in [7, 11) is 3.06. The second-order valence-corrected chi connectivity index (χ2v) is 4.39. The number of aliphatic imine (C=N–C) groups is 1. The van der Waals surface area contributed by atoms with E-state index in [2.05, 4.69) is 4.99 Å². The van der Waals surface area contributed by atoms with Gasteiger partial charge in [0.25, 0.3) is 0 Å². The molecule has 0 atom stereocenters. The number of amidine groups is 1. The molecule has 0 saturated heterocycles. The molecule has 1 aromatic carbocycles. The van der Waals surface area contributed by atoms with E-state index in [-0.39, 0.29) is 6.61 Å². The summed E-state index contributed by atoms with van der Waals surface area (Å²) in [6, 6.07) is 5.10. The van der Waals surface area contributed by atoms with Gasteiger partial charge in [0.15, 0.2) is 12.0 Å². The maximum Gasteiger partial charge on any atom is 0.176 e. The summed E-state index contributed by atoms with van der Waals surface area (Å²) in [6.45, 7) is 0.377. The van der Waals surface area contributed by atoms with Gasteiger partial charge in [-0.3, -0.25) is 4.99 Å². The fourth-order valence-electron chi connectivity index (χ4n) is 1.25. The van der Waals surface area contributed by atoms with E-state index in [1.165, 1.54) is 14.2 Å². The first-order valence-corrected chi connectivity index (χ1v) is 6.25. The Labute approximate surface area is 122 Å². The van der Waals surface area contributed by atoms with Crippen LogP contribution in [0.3, 0.4) is 0 Å². The molecule has 0 spiro atoms. The van der Waals surface area contributed by atoms with Crippen LogP contribution < -0.4 is 10.5 Å². The van der Waals surface area contributed by atoms with Crippen LogP contribution in [0.1, 0.15) is 0 Å². The lowest BCUT2D eigenvalue weighted by atomic mass is 10.3. The Morgan fingerprint density at radius 2 is 1.84 bits per heavy atom. The summed E-state index contributed by atoms with van der Waals surface area (Å²) in [6.07, 6.45) is -0.428. The molecule has 106 valence electrons. The number of methoxy groups -OCH3 is 2. The molecule has 0 saturated carbocycles. The number of rotatable bonds is 7. The molecular weight excluding hydrogens is 291 g/mol. The van der Waals surface area contributed by atoms with Crippen LogP contribution in [0.25, 0.3) is 0 Å². The Hall–Kier alpha value is -1.01. The van der Waals surface area contributed by atoms with Crippen molar-refractivity contribution in [2.75, 3.05) is 27.4 Å². The van der Waals surface area contributed by atoms with E-state index in [4.69, 9.17) is 43.1 Å². The molecule has 5 nitrogen and oxygen atoms in total. The van der Waals surface area contributed by atoms with Gasteiger partial charge in [-0.1, -0.05) is 29.3 Å². The van der Waals surface area contributed by atoms with Crippen LogP contribution in [-0.4, -0.2) is 39.5 Å². The van der Waals surface area contributed by atoms with Crippen LogP contribution in [0.15, 0.2) is 23.2 Å². The van der Waals surface area contributed by atoms with Crippen molar-refractivity contribution in [1.29, 1.82) is 0 Å². The van der Waals surface area contributed by atoms with Crippen molar-refractivity contribution in [3.05, 3.63) is 28.2 Å². The van der Waals surface area contributed by atoms with Crippen molar-refractivity contribution < 1.29 is 14.2 Å². The monoisotopic (exact) mass is 306 g/mol. The molecule has 7 heteroatoms. The number of nitrogens with zero attached hydrogens (tertiary/aromatic N) is 1. The van der Waals surface area contributed by atoms with Crippen LogP contribution in [0.4, 0.5) is 0 Å². The van der Waals surface area contributed by atoms with E-state index in [9.17, 15) is 0 Å². The molecule has 0 unspecified atom stereocenters. The average molecular weight is 307 g/mol. The van der Waals surface area contributed by atoms with E-state index in [1.54, 1.807) is 18.2 Å². The largest absolute Gasteiger partial charge is 0.483 e. The Morgan fingerprint density at radius 1 is 1.26 bits per heavy atom. The van der Waals surface area contributed by atoms with E-state index in [0.717, 1.165) is 0 Å². The third-order valence-electron chi connectivity index (χ3n) is 2.25.